The highest BCUT2D eigenvalue weighted by Gasteiger charge is 2.15. The molecule has 1 N–H and O–H groups in total. The van der Waals surface area contributed by atoms with Gasteiger partial charge in [0.15, 0.2) is 0 Å². The van der Waals surface area contributed by atoms with E-state index >= 15 is 0 Å². The van der Waals surface area contributed by atoms with Crippen molar-refractivity contribution in [3.05, 3.63) is 29.6 Å². The molecular weight excluding hydrogens is 178 g/mol. The Morgan fingerprint density at radius 1 is 1.57 bits per heavy atom. The van der Waals surface area contributed by atoms with Gasteiger partial charge in [0.05, 0.1) is 24.8 Å². The molecule has 4 nitrogen and oxygen atoms in total. The van der Waals surface area contributed by atoms with Crippen LogP contribution in [0.25, 0.3) is 0 Å². The average Bonchev–Trinajstić information content (AvgIpc) is 2.30. The number of pyridine rings is 1. The van der Waals surface area contributed by atoms with Crippen LogP contribution < -0.4 is 5.32 Å². The van der Waals surface area contributed by atoms with E-state index in [4.69, 9.17) is 10.00 Å². The summed E-state index contributed by atoms with van der Waals surface area (Å²) in [6.45, 7) is 2.25. The van der Waals surface area contributed by atoms with Gasteiger partial charge in [-0.25, -0.2) is 0 Å². The number of nitrogens with zero attached hydrogens (tertiary/aromatic N) is 2. The molecule has 4 heteroatoms. The average molecular weight is 189 g/mol. The summed E-state index contributed by atoms with van der Waals surface area (Å²) < 4.78 is 5.34. The Bertz CT molecular complexity index is 353. The van der Waals surface area contributed by atoms with Crippen LogP contribution in [0.4, 0.5) is 0 Å². The number of hydrogen-bond donors (Lipinski definition) is 1. The maximum Gasteiger partial charge on any atom is 0.101 e. The SMILES string of the molecule is N#Cc1cncc([C@@H]2COCCN2)c1. The first-order valence-electron chi connectivity index (χ1n) is 4.56. The van der Waals surface area contributed by atoms with Crippen molar-refractivity contribution in [2.75, 3.05) is 19.8 Å². The Balaban J connectivity index is 2.18. The van der Waals surface area contributed by atoms with Crippen LogP contribution >= 0.6 is 0 Å². The zero-order valence-electron chi connectivity index (χ0n) is 7.73. The van der Waals surface area contributed by atoms with E-state index in [2.05, 4.69) is 16.4 Å². The summed E-state index contributed by atoms with van der Waals surface area (Å²) in [7, 11) is 0. The molecule has 2 rings (SSSR count). The minimum Gasteiger partial charge on any atom is -0.378 e. The van der Waals surface area contributed by atoms with Crippen molar-refractivity contribution in [1.29, 1.82) is 5.26 Å². The van der Waals surface area contributed by atoms with Crippen molar-refractivity contribution in [2.45, 2.75) is 6.04 Å². The molecule has 1 aliphatic rings. The zero-order chi connectivity index (χ0) is 9.80. The van der Waals surface area contributed by atoms with Crippen LogP contribution in [0.3, 0.4) is 0 Å². The summed E-state index contributed by atoms with van der Waals surface area (Å²) in [5.41, 5.74) is 1.61. The number of nitrogens with one attached hydrogen (secondary N) is 1. The predicted octanol–water partition coefficient (Wildman–Crippen LogP) is 0.614. The maximum atomic E-state index is 8.72. The van der Waals surface area contributed by atoms with Crippen LogP contribution in [0.2, 0.25) is 0 Å². The van der Waals surface area contributed by atoms with Crippen LogP contribution in [0.5, 0.6) is 0 Å². The molecule has 2 heterocycles. The number of nitriles is 1. The molecule has 1 aromatic heterocycles. The molecule has 0 aliphatic carbocycles. The summed E-state index contributed by atoms with van der Waals surface area (Å²) in [5.74, 6) is 0. The lowest BCUT2D eigenvalue weighted by atomic mass is 10.1. The molecule has 0 saturated carbocycles. The van der Waals surface area contributed by atoms with Gasteiger partial charge in [-0.05, 0) is 11.6 Å². The van der Waals surface area contributed by atoms with E-state index < -0.39 is 0 Å². The molecule has 14 heavy (non-hydrogen) atoms. The molecule has 72 valence electrons. The molecule has 1 aliphatic heterocycles. The summed E-state index contributed by atoms with van der Waals surface area (Å²) in [6, 6.07) is 4.09. The highest BCUT2D eigenvalue weighted by atomic mass is 16.5. The summed E-state index contributed by atoms with van der Waals surface area (Å²) >= 11 is 0. The van der Waals surface area contributed by atoms with E-state index in [1.165, 1.54) is 0 Å². The lowest BCUT2D eigenvalue weighted by Crippen LogP contribution is -2.34. The Morgan fingerprint density at radius 2 is 2.50 bits per heavy atom. The van der Waals surface area contributed by atoms with E-state index in [0.29, 0.717) is 12.2 Å². The van der Waals surface area contributed by atoms with Crippen molar-refractivity contribution in [3.63, 3.8) is 0 Å². The van der Waals surface area contributed by atoms with E-state index in [0.717, 1.165) is 18.7 Å². The van der Waals surface area contributed by atoms with Crippen LogP contribution in [0.15, 0.2) is 18.5 Å². The van der Waals surface area contributed by atoms with Gasteiger partial charge < -0.3 is 10.1 Å². The van der Waals surface area contributed by atoms with E-state index in [-0.39, 0.29) is 6.04 Å². The molecular formula is C10H11N3O. The summed E-state index contributed by atoms with van der Waals surface area (Å²) in [4.78, 5) is 4.01. The second-order valence-electron chi connectivity index (χ2n) is 3.20. The van der Waals surface area contributed by atoms with Crippen molar-refractivity contribution in [1.82, 2.24) is 10.3 Å². The quantitative estimate of drug-likeness (QED) is 0.703. The lowest BCUT2D eigenvalue weighted by Gasteiger charge is -2.23. The van der Waals surface area contributed by atoms with Crippen LogP contribution in [-0.2, 0) is 4.74 Å². The standard InChI is InChI=1S/C10H11N3O/c11-4-8-3-9(6-12-5-8)10-7-14-2-1-13-10/h3,5-6,10,13H,1-2,7H2/t10-/m0/s1. The van der Waals surface area contributed by atoms with Crippen molar-refractivity contribution >= 4 is 0 Å². The molecule has 1 atom stereocenters. The number of aromatic nitrogens is 1. The molecule has 0 unspecified atom stereocenters. The maximum absolute atomic E-state index is 8.72. The van der Waals surface area contributed by atoms with E-state index in [1.807, 2.05) is 6.07 Å². The second-order valence-corrected chi connectivity index (χ2v) is 3.20. The molecule has 1 fully saturated rings. The Labute approximate surface area is 82.5 Å². The lowest BCUT2D eigenvalue weighted by molar-refractivity contribution is 0.0768. The minimum atomic E-state index is 0.171. The van der Waals surface area contributed by atoms with Gasteiger partial charge in [0.2, 0.25) is 0 Å². The topological polar surface area (TPSA) is 57.9 Å². The first-order chi connectivity index (χ1) is 6.90. The molecule has 0 aromatic carbocycles. The number of rotatable bonds is 1. The van der Waals surface area contributed by atoms with Crippen molar-refractivity contribution in [3.8, 4) is 6.07 Å². The fraction of sp³-hybridized carbons (Fsp3) is 0.400. The van der Waals surface area contributed by atoms with Gasteiger partial charge in [-0.15, -0.1) is 0 Å². The molecule has 0 radical (unpaired) electrons. The molecule has 1 aromatic rings. The number of hydrogen-bond acceptors (Lipinski definition) is 4. The van der Waals surface area contributed by atoms with Gasteiger partial charge in [0, 0.05) is 18.9 Å². The second kappa shape index (κ2) is 4.18. The monoisotopic (exact) mass is 189 g/mol. The Hall–Kier alpha value is -1.44. The number of morpholine rings is 1. The van der Waals surface area contributed by atoms with Crippen LogP contribution in [-0.4, -0.2) is 24.7 Å². The molecule has 0 amide bonds. The smallest absolute Gasteiger partial charge is 0.101 e. The van der Waals surface area contributed by atoms with Gasteiger partial charge in [-0.3, -0.25) is 4.98 Å². The fourth-order valence-electron chi connectivity index (χ4n) is 1.49. The van der Waals surface area contributed by atoms with E-state index in [1.54, 1.807) is 12.4 Å². The molecule has 0 spiro atoms. The van der Waals surface area contributed by atoms with Gasteiger partial charge in [-0.2, -0.15) is 5.26 Å². The minimum absolute atomic E-state index is 0.171. The third-order valence-electron chi connectivity index (χ3n) is 2.21. The summed E-state index contributed by atoms with van der Waals surface area (Å²) in [5, 5.41) is 12.0. The first kappa shape index (κ1) is 9.13. The predicted molar refractivity (Wildman–Crippen MR) is 50.5 cm³/mol. The van der Waals surface area contributed by atoms with Crippen molar-refractivity contribution in [2.24, 2.45) is 0 Å². The van der Waals surface area contributed by atoms with Gasteiger partial charge in [-0.1, -0.05) is 0 Å². The molecule has 1 saturated heterocycles. The normalized spacial score (nSPS) is 21.5. The molecule has 0 bridgehead atoms. The van der Waals surface area contributed by atoms with E-state index in [9.17, 15) is 0 Å². The Kier molecular flexibility index (Phi) is 2.73. The highest BCUT2D eigenvalue weighted by Crippen LogP contribution is 2.15. The number of ether oxygens (including phenoxy) is 1. The first-order valence-corrected chi connectivity index (χ1v) is 4.56. The van der Waals surface area contributed by atoms with Crippen LogP contribution in [0.1, 0.15) is 17.2 Å². The fourth-order valence-corrected chi connectivity index (χ4v) is 1.49. The van der Waals surface area contributed by atoms with Gasteiger partial charge >= 0.3 is 0 Å². The zero-order valence-corrected chi connectivity index (χ0v) is 7.73. The van der Waals surface area contributed by atoms with Crippen molar-refractivity contribution < 1.29 is 4.74 Å². The third kappa shape index (κ3) is 1.90. The van der Waals surface area contributed by atoms with Gasteiger partial charge in [0.25, 0.3) is 0 Å². The largest absolute Gasteiger partial charge is 0.378 e. The van der Waals surface area contributed by atoms with Crippen LogP contribution in [0, 0.1) is 11.3 Å². The summed E-state index contributed by atoms with van der Waals surface area (Å²) in [6.07, 6.45) is 3.33. The highest BCUT2D eigenvalue weighted by molar-refractivity contribution is 5.30. The Morgan fingerprint density at radius 3 is 3.21 bits per heavy atom. The van der Waals surface area contributed by atoms with Gasteiger partial charge in [0.1, 0.15) is 6.07 Å². The third-order valence-corrected chi connectivity index (χ3v) is 2.21.